The highest BCUT2D eigenvalue weighted by Crippen LogP contribution is 2.54. The smallest absolute Gasteiger partial charge is 0.407 e. The molecule has 0 spiro atoms. The number of ether oxygens (including phenoxy) is 2. The number of amides is 4. The highest BCUT2D eigenvalue weighted by Gasteiger charge is 2.50. The van der Waals surface area contributed by atoms with Crippen molar-refractivity contribution in [2.75, 3.05) is 71.7 Å². The molecular weight excluding hydrogens is 810 g/mol. The number of esters is 2. The van der Waals surface area contributed by atoms with Crippen molar-refractivity contribution in [3.8, 4) is 0 Å². The Bertz CT molecular complexity index is 1460. The first-order chi connectivity index (χ1) is 25.7. The van der Waals surface area contributed by atoms with Gasteiger partial charge in [-0.05, 0) is 6.92 Å². The lowest BCUT2D eigenvalue weighted by Gasteiger charge is -2.40. The third-order valence-electron chi connectivity index (χ3n) is 7.89. The second kappa shape index (κ2) is 22.6. The fourth-order valence-electron chi connectivity index (χ4n) is 4.73. The summed E-state index contributed by atoms with van der Waals surface area (Å²) in [6.07, 6.45) is -2.46. The second-order valence-electron chi connectivity index (χ2n) is 13.7. The van der Waals surface area contributed by atoms with Crippen LogP contribution in [0.4, 0.5) is 0 Å². The van der Waals surface area contributed by atoms with Gasteiger partial charge in [-0.1, -0.05) is 49.3 Å². The Labute approximate surface area is 328 Å². The van der Waals surface area contributed by atoms with Crippen LogP contribution in [0, 0.1) is 10.8 Å². The van der Waals surface area contributed by atoms with Gasteiger partial charge in [0.05, 0.1) is 34.0 Å². The van der Waals surface area contributed by atoms with Crippen LogP contribution in [0.3, 0.4) is 0 Å². The molecule has 7 N–H and O–H groups in total. The fraction of sp³-hybridized carbons (Fsp3) is 0.800. The molecule has 0 aliphatic carbocycles. The lowest BCUT2D eigenvalue weighted by atomic mass is 9.87. The molecule has 2 fully saturated rings. The minimum atomic E-state index is -4.17. The van der Waals surface area contributed by atoms with E-state index in [1.54, 1.807) is 27.7 Å². The van der Waals surface area contributed by atoms with Crippen molar-refractivity contribution in [3.63, 3.8) is 0 Å². The van der Waals surface area contributed by atoms with Crippen LogP contribution >= 0.6 is 37.1 Å². The summed E-state index contributed by atoms with van der Waals surface area (Å²) in [7, 11) is -2.92. The monoisotopic (exact) mass is 864 g/mol. The molecule has 2 heterocycles. The third kappa shape index (κ3) is 16.2. The van der Waals surface area contributed by atoms with E-state index in [9.17, 15) is 43.0 Å². The first-order valence-electron chi connectivity index (χ1n) is 17.2. The lowest BCUT2D eigenvalue weighted by Crippen LogP contribution is -2.52. The zero-order valence-corrected chi connectivity index (χ0v) is 35.4. The highest BCUT2D eigenvalue weighted by atomic mass is 33.1. The van der Waals surface area contributed by atoms with Gasteiger partial charge in [0.1, 0.15) is 12.1 Å². The molecule has 0 saturated carbocycles. The van der Waals surface area contributed by atoms with E-state index in [2.05, 4.69) is 40.9 Å². The first kappa shape index (κ1) is 48.8. The molecular formula is C30H54N6O15P2S2. The largest absolute Gasteiger partial charge is 0.468 e. The van der Waals surface area contributed by atoms with E-state index in [4.69, 9.17) is 18.1 Å². The Morgan fingerprint density at radius 1 is 0.709 bits per heavy atom. The van der Waals surface area contributed by atoms with Crippen molar-refractivity contribution < 1.29 is 70.6 Å². The highest BCUT2D eigenvalue weighted by molar-refractivity contribution is 8.76. The summed E-state index contributed by atoms with van der Waals surface area (Å²) in [6, 6.07) is -2.40. The predicted molar refractivity (Wildman–Crippen MR) is 201 cm³/mol. The van der Waals surface area contributed by atoms with E-state index in [-0.39, 0.29) is 51.0 Å². The first-order valence-corrected chi connectivity index (χ1v) is 22.8. The van der Waals surface area contributed by atoms with Crippen molar-refractivity contribution in [3.05, 3.63) is 0 Å². The van der Waals surface area contributed by atoms with Gasteiger partial charge in [-0.2, -0.15) is 0 Å². The Morgan fingerprint density at radius 3 is 1.53 bits per heavy atom. The Kier molecular flexibility index (Phi) is 20.1. The van der Waals surface area contributed by atoms with Gasteiger partial charge >= 0.3 is 27.4 Å². The van der Waals surface area contributed by atoms with Crippen molar-refractivity contribution in [2.24, 2.45) is 10.8 Å². The van der Waals surface area contributed by atoms with E-state index < -0.39 is 81.0 Å². The number of rotatable bonds is 22. The van der Waals surface area contributed by atoms with Crippen molar-refractivity contribution in [1.82, 2.24) is 31.4 Å². The second-order valence-corrected chi connectivity index (χ2v) is 19.8. The predicted octanol–water partition coefficient (Wildman–Crippen LogP) is -0.0132. The van der Waals surface area contributed by atoms with Crippen LogP contribution in [0.2, 0.25) is 0 Å². The van der Waals surface area contributed by atoms with E-state index in [0.29, 0.717) is 24.6 Å². The van der Waals surface area contributed by atoms with Gasteiger partial charge in [-0.15, -0.1) is 0 Å². The molecule has 0 aromatic heterocycles. The van der Waals surface area contributed by atoms with Gasteiger partial charge in [0.2, 0.25) is 23.6 Å². The summed E-state index contributed by atoms with van der Waals surface area (Å²) >= 11 is 0. The Hall–Kier alpha value is -2.30. The van der Waals surface area contributed by atoms with Gasteiger partial charge in [0, 0.05) is 61.4 Å². The van der Waals surface area contributed by atoms with Gasteiger partial charge in [0.15, 0.2) is 12.2 Å². The standard InChI is InChI=1S/C30H54N6O15P2S2/c1-19(27(42)46-6)35-52(44)48-17-29(2,3)23(50-52)25(40)33-10-8-21(38)31-12-14-54-55-15-13-32-22(39)9-11-34-26(41)24-30(4,5)18-49-53(45,51-24)36-20(16-37)28(43)47-7/h19-20,23-24,37H,8-18H2,1-7H3,(H,31,38)(H,32,39)(H,33,40)(H,34,41)(H,35,44)(H,36,45)/t19-,20-,23-,24-,52?,53?/m0/s1. The molecule has 2 aliphatic heterocycles. The summed E-state index contributed by atoms with van der Waals surface area (Å²) in [4.78, 5) is 73.8. The van der Waals surface area contributed by atoms with Crippen LogP contribution in [0.25, 0.3) is 0 Å². The molecule has 21 nitrogen and oxygen atoms in total. The van der Waals surface area contributed by atoms with Crippen LogP contribution < -0.4 is 31.4 Å². The summed E-state index contributed by atoms with van der Waals surface area (Å²) in [5.74, 6) is -2.23. The maximum atomic E-state index is 13.1. The van der Waals surface area contributed by atoms with Gasteiger partial charge in [0.25, 0.3) is 0 Å². The Balaban J connectivity index is 1.59. The normalized spacial score (nSPS) is 25.4. The molecule has 2 unspecified atom stereocenters. The van der Waals surface area contributed by atoms with Gasteiger partial charge in [-0.25, -0.2) is 19.3 Å². The average molecular weight is 865 g/mol. The van der Waals surface area contributed by atoms with Crippen LogP contribution in [0.15, 0.2) is 0 Å². The molecule has 2 saturated heterocycles. The number of aliphatic hydroxyl groups is 1. The number of aliphatic hydroxyl groups excluding tert-OH is 1. The molecule has 25 heteroatoms. The fourth-order valence-corrected chi connectivity index (χ4v) is 10.4. The number of carbonyl (C=O) groups is 6. The molecule has 0 aromatic carbocycles. The van der Waals surface area contributed by atoms with Crippen LogP contribution in [-0.2, 0) is 65.5 Å². The molecule has 0 bridgehead atoms. The molecule has 2 rings (SSSR count). The van der Waals surface area contributed by atoms with E-state index in [1.807, 2.05) is 0 Å². The quantitative estimate of drug-likeness (QED) is 0.0326. The summed E-state index contributed by atoms with van der Waals surface area (Å²) in [5, 5.41) is 24.9. The van der Waals surface area contributed by atoms with Crippen LogP contribution in [-0.4, -0.2) is 137 Å². The summed E-state index contributed by atoms with van der Waals surface area (Å²) < 4.78 is 56.8. The van der Waals surface area contributed by atoms with E-state index in [1.165, 1.54) is 35.6 Å². The molecule has 4 amide bonds. The van der Waals surface area contributed by atoms with Crippen LogP contribution in [0.5, 0.6) is 0 Å². The third-order valence-corrected chi connectivity index (χ3v) is 13.5. The number of hydrogen-bond donors (Lipinski definition) is 7. The van der Waals surface area contributed by atoms with Gasteiger partial charge < -0.3 is 35.8 Å². The lowest BCUT2D eigenvalue weighted by molar-refractivity contribution is -0.145. The molecule has 0 radical (unpaired) electrons. The Morgan fingerprint density at radius 2 is 1.13 bits per heavy atom. The average Bonchev–Trinajstić information content (AvgIpc) is 3.13. The minimum Gasteiger partial charge on any atom is -0.468 e. The van der Waals surface area contributed by atoms with E-state index >= 15 is 0 Å². The number of carbonyl (C=O) groups excluding carboxylic acids is 6. The maximum absolute atomic E-state index is 13.1. The number of methoxy groups -OCH3 is 2. The summed E-state index contributed by atoms with van der Waals surface area (Å²) in [5.41, 5.74) is -1.75. The van der Waals surface area contributed by atoms with Crippen LogP contribution in [0.1, 0.15) is 47.5 Å². The topological polar surface area (TPSA) is 284 Å². The molecule has 2 aliphatic rings. The van der Waals surface area contributed by atoms with Crippen molar-refractivity contribution in [2.45, 2.75) is 71.8 Å². The summed E-state index contributed by atoms with van der Waals surface area (Å²) in [6.45, 7) is 7.86. The molecule has 316 valence electrons. The molecule has 55 heavy (non-hydrogen) atoms. The van der Waals surface area contributed by atoms with E-state index in [0.717, 1.165) is 7.11 Å². The van der Waals surface area contributed by atoms with Crippen molar-refractivity contribution in [1.29, 1.82) is 0 Å². The minimum absolute atomic E-state index is 0.00503. The molecule has 6 atom stereocenters. The van der Waals surface area contributed by atoms with Crippen molar-refractivity contribution >= 4 is 72.6 Å². The molecule has 0 aromatic rings. The van der Waals surface area contributed by atoms with Gasteiger partial charge in [-0.3, -0.25) is 46.9 Å². The zero-order valence-electron chi connectivity index (χ0n) is 32.0. The maximum Gasteiger partial charge on any atom is 0.407 e. The SMILES string of the molecule is COC(=O)[C@H](C)NP1(=O)OCC(C)(C)[C@H](C(=O)NCCC(=O)NCCSSCCNC(=O)CCNC(=O)[C@@H]2OP(=O)(N[C@@H](CO)C(=O)OC)OCC2(C)C)O1. The number of nitrogens with one attached hydrogen (secondary N) is 6. The number of hydrogen-bond acceptors (Lipinski definition) is 17. The zero-order chi connectivity index (χ0) is 41.5.